The minimum Gasteiger partial charge on any atom is -0.409 e. The Hall–Kier alpha value is -1.56. The lowest BCUT2D eigenvalue weighted by molar-refractivity contribution is -0.133. The molecule has 0 spiro atoms. The molecule has 1 amide bonds. The van der Waals surface area contributed by atoms with E-state index in [4.69, 9.17) is 10.9 Å². The molecule has 1 fully saturated rings. The summed E-state index contributed by atoms with van der Waals surface area (Å²) in [6.07, 6.45) is 5.09. The third-order valence-corrected chi connectivity index (χ3v) is 4.61. The highest BCUT2D eigenvalue weighted by atomic mass is 32.1. The fourth-order valence-corrected chi connectivity index (χ4v) is 3.37. The van der Waals surface area contributed by atoms with Crippen LogP contribution in [0.25, 0.3) is 0 Å². The molecule has 0 aliphatic carbocycles. The van der Waals surface area contributed by atoms with Gasteiger partial charge >= 0.3 is 0 Å². The maximum absolute atomic E-state index is 12.3. The van der Waals surface area contributed by atoms with Crippen LogP contribution in [0.4, 0.5) is 0 Å². The van der Waals surface area contributed by atoms with Crippen LogP contribution < -0.4 is 5.73 Å². The lowest BCUT2D eigenvalue weighted by atomic mass is 10.0. The Morgan fingerprint density at radius 3 is 3.10 bits per heavy atom. The zero-order valence-electron chi connectivity index (χ0n) is 11.5. The average Bonchev–Trinajstić information content (AvgIpc) is 2.99. The number of amidine groups is 1. The van der Waals surface area contributed by atoms with Gasteiger partial charge in [-0.1, -0.05) is 11.2 Å². The molecule has 1 aromatic rings. The number of piperidine rings is 1. The number of carbonyl (C=O) groups excluding carboxylic acids is 1. The van der Waals surface area contributed by atoms with E-state index in [9.17, 15) is 4.79 Å². The first-order valence-corrected chi connectivity index (χ1v) is 7.89. The van der Waals surface area contributed by atoms with Crippen molar-refractivity contribution in [3.63, 3.8) is 0 Å². The molecule has 110 valence electrons. The predicted molar refractivity (Wildman–Crippen MR) is 80.0 cm³/mol. The molecule has 1 aliphatic rings. The zero-order chi connectivity index (χ0) is 14.4. The van der Waals surface area contributed by atoms with E-state index >= 15 is 0 Å². The van der Waals surface area contributed by atoms with E-state index in [2.05, 4.69) is 16.6 Å². The quantitative estimate of drug-likeness (QED) is 0.378. The summed E-state index contributed by atoms with van der Waals surface area (Å²) in [5.74, 6) is 0.258. The molecule has 2 heterocycles. The normalized spacial score (nSPS) is 20.1. The van der Waals surface area contributed by atoms with Crippen molar-refractivity contribution in [3.05, 3.63) is 22.4 Å². The Kier molecular flexibility index (Phi) is 5.40. The van der Waals surface area contributed by atoms with Crippen LogP contribution in [-0.4, -0.2) is 34.4 Å². The monoisotopic (exact) mass is 295 g/mol. The van der Waals surface area contributed by atoms with Gasteiger partial charge in [-0.3, -0.25) is 4.79 Å². The van der Waals surface area contributed by atoms with Crippen LogP contribution in [0.15, 0.2) is 22.7 Å². The molecule has 1 atom stereocenters. The number of nitrogens with two attached hydrogens (primary N) is 1. The first kappa shape index (κ1) is 14.8. The molecule has 0 aromatic carbocycles. The van der Waals surface area contributed by atoms with Crippen molar-refractivity contribution in [1.29, 1.82) is 0 Å². The van der Waals surface area contributed by atoms with Crippen molar-refractivity contribution in [2.75, 3.05) is 6.54 Å². The van der Waals surface area contributed by atoms with Gasteiger partial charge in [0, 0.05) is 17.8 Å². The second kappa shape index (κ2) is 7.28. The summed E-state index contributed by atoms with van der Waals surface area (Å²) >= 11 is 1.72. The summed E-state index contributed by atoms with van der Waals surface area (Å²) in [5, 5.41) is 13.9. The van der Waals surface area contributed by atoms with Crippen LogP contribution in [0, 0.1) is 0 Å². The Balaban J connectivity index is 1.86. The lowest BCUT2D eigenvalue weighted by Gasteiger charge is -2.34. The van der Waals surface area contributed by atoms with Crippen LogP contribution in [0.2, 0.25) is 0 Å². The van der Waals surface area contributed by atoms with Crippen LogP contribution in [0.1, 0.15) is 37.0 Å². The Bertz CT molecular complexity index is 459. The molecule has 1 aliphatic heterocycles. The molecule has 1 aromatic heterocycles. The summed E-state index contributed by atoms with van der Waals surface area (Å²) in [6, 6.07) is 3.89. The highest BCUT2D eigenvalue weighted by Gasteiger charge is 2.29. The number of amides is 1. The number of likely N-dealkylation sites (tertiary alicyclic amines) is 1. The topological polar surface area (TPSA) is 78.9 Å². The highest BCUT2D eigenvalue weighted by Crippen LogP contribution is 2.19. The molecule has 2 rings (SSSR count). The van der Waals surface area contributed by atoms with Crippen LogP contribution in [0.3, 0.4) is 0 Å². The summed E-state index contributed by atoms with van der Waals surface area (Å²) in [5.41, 5.74) is 5.69. The number of hydrogen-bond acceptors (Lipinski definition) is 4. The number of hydrogen-bond donors (Lipinski definition) is 2. The molecule has 0 radical (unpaired) electrons. The second-order valence-corrected chi connectivity index (χ2v) is 6.09. The molecule has 20 heavy (non-hydrogen) atoms. The maximum atomic E-state index is 12.3. The molecule has 0 saturated carbocycles. The molecular formula is C14H21N3O2S. The standard InChI is InChI=1S/C14H21N3O2S/c15-14(16-19)12-7-1-2-9-17(12)13(18)8-3-5-11-6-4-10-20-11/h4,6,10,12,19H,1-3,5,7-9H2,(H2,15,16). The van der Waals surface area contributed by atoms with Gasteiger partial charge in [-0.05, 0) is 43.6 Å². The average molecular weight is 295 g/mol. The molecule has 5 nitrogen and oxygen atoms in total. The Morgan fingerprint density at radius 1 is 1.55 bits per heavy atom. The highest BCUT2D eigenvalue weighted by molar-refractivity contribution is 7.09. The zero-order valence-corrected chi connectivity index (χ0v) is 12.3. The van der Waals surface area contributed by atoms with E-state index in [1.807, 2.05) is 6.07 Å². The van der Waals surface area contributed by atoms with Crippen LogP contribution in [0.5, 0.6) is 0 Å². The van der Waals surface area contributed by atoms with Gasteiger partial charge in [0.05, 0.1) is 6.04 Å². The van der Waals surface area contributed by atoms with Crippen LogP contribution >= 0.6 is 11.3 Å². The number of oxime groups is 1. The van der Waals surface area contributed by atoms with E-state index in [1.165, 1.54) is 4.88 Å². The summed E-state index contributed by atoms with van der Waals surface area (Å²) < 4.78 is 0. The van der Waals surface area contributed by atoms with E-state index in [1.54, 1.807) is 16.2 Å². The summed E-state index contributed by atoms with van der Waals surface area (Å²) in [7, 11) is 0. The van der Waals surface area contributed by atoms with E-state index in [0.717, 1.165) is 32.1 Å². The van der Waals surface area contributed by atoms with E-state index in [0.29, 0.717) is 13.0 Å². The summed E-state index contributed by atoms with van der Waals surface area (Å²) in [4.78, 5) is 15.4. The third kappa shape index (κ3) is 3.72. The molecule has 6 heteroatoms. The van der Waals surface area contributed by atoms with Crippen molar-refractivity contribution >= 4 is 23.1 Å². The minimum atomic E-state index is -0.233. The van der Waals surface area contributed by atoms with Gasteiger partial charge < -0.3 is 15.8 Å². The van der Waals surface area contributed by atoms with Crippen molar-refractivity contribution in [3.8, 4) is 0 Å². The van der Waals surface area contributed by atoms with Crippen molar-refractivity contribution < 1.29 is 10.0 Å². The predicted octanol–water partition coefficient (Wildman–Crippen LogP) is 2.20. The molecule has 1 saturated heterocycles. The maximum Gasteiger partial charge on any atom is 0.223 e. The fraction of sp³-hybridized carbons (Fsp3) is 0.571. The summed E-state index contributed by atoms with van der Waals surface area (Å²) in [6.45, 7) is 0.707. The minimum absolute atomic E-state index is 0.109. The molecule has 3 N–H and O–H groups in total. The van der Waals surface area contributed by atoms with Gasteiger partial charge in [-0.15, -0.1) is 11.3 Å². The largest absolute Gasteiger partial charge is 0.409 e. The number of nitrogens with zero attached hydrogens (tertiary/aromatic N) is 2. The first-order valence-electron chi connectivity index (χ1n) is 7.01. The molecule has 1 unspecified atom stereocenters. The fourth-order valence-electron chi connectivity index (χ4n) is 2.62. The van der Waals surface area contributed by atoms with Crippen molar-refractivity contribution in [2.24, 2.45) is 10.9 Å². The SMILES string of the molecule is NC(=NO)C1CCCCN1C(=O)CCCc1cccs1. The van der Waals surface area contributed by atoms with Gasteiger partial charge in [0.15, 0.2) is 5.84 Å². The van der Waals surface area contributed by atoms with Gasteiger partial charge in [0.1, 0.15) is 0 Å². The third-order valence-electron chi connectivity index (χ3n) is 3.67. The Morgan fingerprint density at radius 2 is 2.40 bits per heavy atom. The van der Waals surface area contributed by atoms with Crippen molar-refractivity contribution in [1.82, 2.24) is 4.90 Å². The number of rotatable bonds is 5. The number of carbonyl (C=O) groups is 1. The smallest absolute Gasteiger partial charge is 0.223 e. The van der Waals surface area contributed by atoms with Gasteiger partial charge in [0.2, 0.25) is 5.91 Å². The molecular weight excluding hydrogens is 274 g/mol. The Labute approximate surface area is 123 Å². The van der Waals surface area contributed by atoms with Crippen molar-refractivity contribution in [2.45, 2.75) is 44.6 Å². The van der Waals surface area contributed by atoms with Gasteiger partial charge in [0.25, 0.3) is 0 Å². The molecule has 0 bridgehead atoms. The van der Waals surface area contributed by atoms with E-state index in [-0.39, 0.29) is 17.8 Å². The number of aryl methyl sites for hydroxylation is 1. The van der Waals surface area contributed by atoms with Gasteiger partial charge in [-0.25, -0.2) is 0 Å². The lowest BCUT2D eigenvalue weighted by Crippen LogP contribution is -2.50. The van der Waals surface area contributed by atoms with E-state index < -0.39 is 0 Å². The van der Waals surface area contributed by atoms with Gasteiger partial charge in [-0.2, -0.15) is 0 Å². The first-order chi connectivity index (χ1) is 9.72. The van der Waals surface area contributed by atoms with Crippen LogP contribution in [-0.2, 0) is 11.2 Å². The second-order valence-electron chi connectivity index (χ2n) is 5.06. The number of thiophene rings is 1.